The van der Waals surface area contributed by atoms with Gasteiger partial charge in [0.1, 0.15) is 0 Å². The van der Waals surface area contributed by atoms with Crippen LogP contribution in [0.25, 0.3) is 0 Å². The minimum atomic E-state index is -0.380. The van der Waals surface area contributed by atoms with Crippen LogP contribution >= 0.6 is 27.7 Å². The third-order valence-corrected chi connectivity index (χ3v) is 5.13. The van der Waals surface area contributed by atoms with E-state index in [2.05, 4.69) is 44.3 Å². The first-order valence-electron chi connectivity index (χ1n) is 7.63. The number of rotatable bonds is 7. The van der Waals surface area contributed by atoms with Gasteiger partial charge in [-0.25, -0.2) is 0 Å². The summed E-state index contributed by atoms with van der Waals surface area (Å²) >= 11 is 5.23. The van der Waals surface area contributed by atoms with Gasteiger partial charge in [0, 0.05) is 29.8 Å². The molecule has 1 unspecified atom stereocenters. The maximum atomic E-state index is 11.9. The number of carbonyl (C=O) groups excluding carboxylic acids is 1. The van der Waals surface area contributed by atoms with Gasteiger partial charge in [0.25, 0.3) is 0 Å². The molecule has 1 aliphatic rings. The van der Waals surface area contributed by atoms with Gasteiger partial charge in [0.2, 0.25) is 5.91 Å². The Hall–Kier alpha value is -0.720. The Bertz CT molecular complexity index is 500. The number of hydrogen-bond donors (Lipinski definition) is 2. The van der Waals surface area contributed by atoms with Gasteiger partial charge in [0.15, 0.2) is 0 Å². The van der Waals surface area contributed by atoms with Gasteiger partial charge in [-0.3, -0.25) is 4.79 Å². The van der Waals surface area contributed by atoms with Gasteiger partial charge < -0.3 is 16.0 Å². The molecular formula is C16H24BrN3OS. The summed E-state index contributed by atoms with van der Waals surface area (Å²) < 4.78 is 1.10. The second kappa shape index (κ2) is 8.79. The van der Waals surface area contributed by atoms with Gasteiger partial charge in [-0.05, 0) is 49.0 Å². The lowest BCUT2D eigenvalue weighted by atomic mass is 10.1. The van der Waals surface area contributed by atoms with Crippen molar-refractivity contribution in [3.05, 3.63) is 28.7 Å². The monoisotopic (exact) mass is 385 g/mol. The van der Waals surface area contributed by atoms with E-state index in [1.54, 1.807) is 11.8 Å². The van der Waals surface area contributed by atoms with Crippen molar-refractivity contribution >= 4 is 39.3 Å². The molecule has 0 spiro atoms. The Morgan fingerprint density at radius 3 is 3.14 bits per heavy atom. The fourth-order valence-corrected chi connectivity index (χ4v) is 3.54. The Labute approximate surface area is 145 Å². The molecule has 0 aromatic heterocycles. The molecule has 1 aromatic carbocycles. The van der Waals surface area contributed by atoms with Crippen LogP contribution in [0.1, 0.15) is 12.8 Å². The molecule has 6 heteroatoms. The summed E-state index contributed by atoms with van der Waals surface area (Å²) in [5.41, 5.74) is 7.12. The zero-order valence-electron chi connectivity index (χ0n) is 12.9. The van der Waals surface area contributed by atoms with Crippen LogP contribution in [0.2, 0.25) is 0 Å². The predicted molar refractivity (Wildman–Crippen MR) is 98.4 cm³/mol. The fraction of sp³-hybridized carbons (Fsp3) is 0.562. The first kappa shape index (κ1) is 17.6. The quantitative estimate of drug-likeness (QED) is 0.756. The van der Waals surface area contributed by atoms with Crippen molar-refractivity contribution in [3.63, 3.8) is 0 Å². The Morgan fingerprint density at radius 1 is 1.59 bits per heavy atom. The maximum absolute atomic E-state index is 11.9. The van der Waals surface area contributed by atoms with Crippen molar-refractivity contribution in [1.82, 2.24) is 5.32 Å². The molecule has 122 valence electrons. The summed E-state index contributed by atoms with van der Waals surface area (Å²) in [6.45, 7) is 2.74. The molecule has 3 N–H and O–H groups in total. The molecule has 1 heterocycles. The van der Waals surface area contributed by atoms with E-state index in [9.17, 15) is 4.79 Å². The molecule has 2 atom stereocenters. The van der Waals surface area contributed by atoms with Crippen molar-refractivity contribution in [2.45, 2.75) is 18.9 Å². The average molecular weight is 386 g/mol. The summed E-state index contributed by atoms with van der Waals surface area (Å²) in [6, 6.07) is 7.98. The Balaban J connectivity index is 1.76. The maximum Gasteiger partial charge on any atom is 0.236 e. The number of carbonyl (C=O) groups is 1. The normalized spacial score (nSPS) is 19.2. The topological polar surface area (TPSA) is 58.4 Å². The molecule has 1 aliphatic heterocycles. The van der Waals surface area contributed by atoms with Crippen molar-refractivity contribution < 1.29 is 4.79 Å². The van der Waals surface area contributed by atoms with Crippen molar-refractivity contribution in [3.8, 4) is 0 Å². The Morgan fingerprint density at radius 2 is 2.41 bits per heavy atom. The molecular weight excluding hydrogens is 362 g/mol. The van der Waals surface area contributed by atoms with E-state index >= 15 is 0 Å². The van der Waals surface area contributed by atoms with E-state index in [1.165, 1.54) is 5.69 Å². The summed E-state index contributed by atoms with van der Waals surface area (Å²) in [5, 5.41) is 3.01. The van der Waals surface area contributed by atoms with Crippen LogP contribution in [-0.4, -0.2) is 43.6 Å². The van der Waals surface area contributed by atoms with Crippen LogP contribution < -0.4 is 16.0 Å². The van der Waals surface area contributed by atoms with Crippen molar-refractivity contribution in [2.24, 2.45) is 11.7 Å². The number of halogens is 1. The molecule has 2 rings (SSSR count). The second-order valence-corrected chi connectivity index (χ2v) is 7.61. The summed E-state index contributed by atoms with van der Waals surface area (Å²) in [7, 11) is 0. The molecule has 0 saturated carbocycles. The van der Waals surface area contributed by atoms with Crippen LogP contribution in [0.5, 0.6) is 0 Å². The molecule has 0 aliphatic carbocycles. The Kier molecular flexibility index (Phi) is 7.05. The third-order valence-electron chi connectivity index (χ3n) is 3.99. The number of thioether (sulfide) groups is 1. The first-order chi connectivity index (χ1) is 10.6. The highest BCUT2D eigenvalue weighted by Crippen LogP contribution is 2.25. The largest absolute Gasteiger partial charge is 0.371 e. The molecule has 1 aromatic rings. The number of nitrogens with one attached hydrogen (secondary N) is 1. The zero-order valence-corrected chi connectivity index (χ0v) is 15.3. The fourth-order valence-electron chi connectivity index (χ4n) is 2.66. The van der Waals surface area contributed by atoms with Gasteiger partial charge in [-0.1, -0.05) is 22.0 Å². The van der Waals surface area contributed by atoms with Crippen LogP contribution in [0, 0.1) is 5.92 Å². The molecule has 22 heavy (non-hydrogen) atoms. The summed E-state index contributed by atoms with van der Waals surface area (Å²) in [4.78, 5) is 14.3. The number of anilines is 1. The van der Waals surface area contributed by atoms with Gasteiger partial charge in [-0.2, -0.15) is 11.8 Å². The van der Waals surface area contributed by atoms with E-state index in [0.29, 0.717) is 5.92 Å². The van der Waals surface area contributed by atoms with Crippen LogP contribution in [0.3, 0.4) is 0 Å². The minimum Gasteiger partial charge on any atom is -0.371 e. The molecule has 1 amide bonds. The van der Waals surface area contributed by atoms with E-state index in [4.69, 9.17) is 5.73 Å². The van der Waals surface area contributed by atoms with Gasteiger partial charge in [-0.15, -0.1) is 0 Å². The summed E-state index contributed by atoms with van der Waals surface area (Å²) in [6.07, 6.45) is 3.87. The number of benzene rings is 1. The highest BCUT2D eigenvalue weighted by molar-refractivity contribution is 9.10. The van der Waals surface area contributed by atoms with Gasteiger partial charge >= 0.3 is 0 Å². The van der Waals surface area contributed by atoms with E-state index < -0.39 is 0 Å². The smallest absolute Gasteiger partial charge is 0.236 e. The van der Waals surface area contributed by atoms with Crippen LogP contribution in [0.4, 0.5) is 5.69 Å². The molecule has 4 nitrogen and oxygen atoms in total. The van der Waals surface area contributed by atoms with E-state index in [0.717, 1.165) is 42.7 Å². The lowest BCUT2D eigenvalue weighted by Crippen LogP contribution is -2.43. The number of nitrogens with two attached hydrogens (primary N) is 1. The number of amides is 1. The average Bonchev–Trinajstić information content (AvgIpc) is 2.99. The number of hydrogen-bond acceptors (Lipinski definition) is 4. The third kappa shape index (κ3) is 5.18. The van der Waals surface area contributed by atoms with E-state index in [1.807, 2.05) is 12.3 Å². The molecule has 1 saturated heterocycles. The minimum absolute atomic E-state index is 0.0186. The van der Waals surface area contributed by atoms with Crippen LogP contribution in [0.15, 0.2) is 28.7 Å². The van der Waals surface area contributed by atoms with Gasteiger partial charge in [0.05, 0.1) is 6.04 Å². The van der Waals surface area contributed by atoms with Crippen LogP contribution in [-0.2, 0) is 4.79 Å². The highest BCUT2D eigenvalue weighted by atomic mass is 79.9. The zero-order chi connectivity index (χ0) is 15.9. The molecule has 1 fully saturated rings. The van der Waals surface area contributed by atoms with E-state index in [-0.39, 0.29) is 11.9 Å². The molecule has 0 bridgehead atoms. The lowest BCUT2D eigenvalue weighted by Gasteiger charge is -2.19. The first-order valence-corrected chi connectivity index (χ1v) is 9.81. The second-order valence-electron chi connectivity index (χ2n) is 5.71. The lowest BCUT2D eigenvalue weighted by molar-refractivity contribution is -0.122. The highest BCUT2D eigenvalue weighted by Gasteiger charge is 2.24. The summed E-state index contributed by atoms with van der Waals surface area (Å²) in [5.74, 6) is 1.40. The standard InChI is InChI=1S/C16H24BrN3OS/c1-22-8-6-15(18)16(21)19-10-12-5-7-20(11-12)14-4-2-3-13(17)9-14/h2-4,9,12,15H,5-8,10-11,18H2,1H3,(H,19,21)/t12?,15-/m0/s1. The number of nitrogens with zero attached hydrogens (tertiary/aromatic N) is 1. The molecule has 0 radical (unpaired) electrons. The SMILES string of the molecule is CSCC[C@H](N)C(=O)NCC1CCN(c2cccc(Br)c2)C1. The predicted octanol–water partition coefficient (Wildman–Crippen LogP) is 2.47. The van der Waals surface area contributed by atoms with Crippen molar-refractivity contribution in [1.29, 1.82) is 0 Å². The van der Waals surface area contributed by atoms with Crippen molar-refractivity contribution in [2.75, 3.05) is 36.5 Å².